The van der Waals surface area contributed by atoms with Crippen LogP contribution in [0.25, 0.3) is 0 Å². The maximum Gasteiger partial charge on any atom is 0.0102 e. The standard InChI is InChI=1S/C13H25N/c1-3-11-9-13(11)14-10(2)12-7-5-4-6-8-12/h10-14H,3-9H2,1-2H3. The molecule has 0 heterocycles. The fourth-order valence-corrected chi connectivity index (χ4v) is 3.01. The maximum atomic E-state index is 3.82. The van der Waals surface area contributed by atoms with Crippen molar-refractivity contribution in [2.75, 3.05) is 0 Å². The van der Waals surface area contributed by atoms with Crippen LogP contribution in [0.15, 0.2) is 0 Å². The van der Waals surface area contributed by atoms with Crippen molar-refractivity contribution in [2.45, 2.75) is 70.9 Å². The van der Waals surface area contributed by atoms with Gasteiger partial charge in [0.15, 0.2) is 0 Å². The maximum absolute atomic E-state index is 3.82. The van der Waals surface area contributed by atoms with E-state index >= 15 is 0 Å². The Bertz CT molecular complexity index is 172. The number of rotatable bonds is 4. The topological polar surface area (TPSA) is 12.0 Å². The quantitative estimate of drug-likeness (QED) is 0.725. The van der Waals surface area contributed by atoms with Gasteiger partial charge in [0.05, 0.1) is 0 Å². The summed E-state index contributed by atoms with van der Waals surface area (Å²) in [6, 6.07) is 1.65. The van der Waals surface area contributed by atoms with Crippen molar-refractivity contribution in [3.05, 3.63) is 0 Å². The van der Waals surface area contributed by atoms with E-state index in [1.54, 1.807) is 0 Å². The first kappa shape index (κ1) is 10.5. The van der Waals surface area contributed by atoms with Crippen molar-refractivity contribution in [3.63, 3.8) is 0 Å². The molecule has 2 aliphatic carbocycles. The molecule has 0 aliphatic heterocycles. The summed E-state index contributed by atoms with van der Waals surface area (Å²) in [6.45, 7) is 4.72. The van der Waals surface area contributed by atoms with Crippen LogP contribution in [0.3, 0.4) is 0 Å². The molecule has 0 aromatic rings. The normalized spacial score (nSPS) is 35.6. The van der Waals surface area contributed by atoms with Gasteiger partial charge in [0.25, 0.3) is 0 Å². The minimum Gasteiger partial charge on any atom is -0.311 e. The second-order valence-electron chi connectivity index (χ2n) is 5.36. The Labute approximate surface area is 88.7 Å². The fraction of sp³-hybridized carbons (Fsp3) is 1.00. The van der Waals surface area contributed by atoms with E-state index in [0.717, 1.165) is 23.9 Å². The molecule has 0 spiro atoms. The van der Waals surface area contributed by atoms with Gasteiger partial charge in [-0.25, -0.2) is 0 Å². The van der Waals surface area contributed by atoms with Gasteiger partial charge in [0.2, 0.25) is 0 Å². The van der Waals surface area contributed by atoms with Crippen LogP contribution in [-0.4, -0.2) is 12.1 Å². The second-order valence-corrected chi connectivity index (χ2v) is 5.36. The van der Waals surface area contributed by atoms with E-state index in [1.807, 2.05) is 0 Å². The molecule has 1 nitrogen and oxygen atoms in total. The van der Waals surface area contributed by atoms with E-state index in [1.165, 1.54) is 44.9 Å². The second kappa shape index (κ2) is 4.65. The van der Waals surface area contributed by atoms with Crippen LogP contribution >= 0.6 is 0 Å². The molecule has 0 aromatic carbocycles. The Kier molecular flexibility index (Phi) is 3.48. The lowest BCUT2D eigenvalue weighted by Gasteiger charge is -2.28. The van der Waals surface area contributed by atoms with Crippen LogP contribution in [-0.2, 0) is 0 Å². The van der Waals surface area contributed by atoms with Gasteiger partial charge in [-0.15, -0.1) is 0 Å². The van der Waals surface area contributed by atoms with E-state index in [4.69, 9.17) is 0 Å². The predicted octanol–water partition coefficient (Wildman–Crippen LogP) is 3.34. The van der Waals surface area contributed by atoms with E-state index in [2.05, 4.69) is 19.2 Å². The van der Waals surface area contributed by atoms with Crippen LogP contribution in [0.4, 0.5) is 0 Å². The molecule has 1 heteroatoms. The molecule has 3 atom stereocenters. The summed E-state index contributed by atoms with van der Waals surface area (Å²) in [7, 11) is 0. The minimum atomic E-state index is 0.775. The molecule has 2 saturated carbocycles. The van der Waals surface area contributed by atoms with Crippen LogP contribution in [0.1, 0.15) is 58.8 Å². The lowest BCUT2D eigenvalue weighted by atomic mass is 9.84. The van der Waals surface area contributed by atoms with Crippen molar-refractivity contribution in [1.29, 1.82) is 0 Å². The molecule has 3 unspecified atom stereocenters. The molecule has 0 amide bonds. The summed E-state index contributed by atoms with van der Waals surface area (Å²) in [5.41, 5.74) is 0. The Morgan fingerprint density at radius 2 is 1.93 bits per heavy atom. The van der Waals surface area contributed by atoms with Gasteiger partial charge in [0.1, 0.15) is 0 Å². The van der Waals surface area contributed by atoms with Crippen LogP contribution < -0.4 is 5.32 Å². The molecule has 2 fully saturated rings. The first-order chi connectivity index (χ1) is 6.81. The highest BCUT2D eigenvalue weighted by Gasteiger charge is 2.36. The Morgan fingerprint density at radius 3 is 2.50 bits per heavy atom. The summed E-state index contributed by atoms with van der Waals surface area (Å²) in [5, 5.41) is 3.82. The van der Waals surface area contributed by atoms with Crippen molar-refractivity contribution in [1.82, 2.24) is 5.32 Å². The number of hydrogen-bond donors (Lipinski definition) is 1. The Balaban J connectivity index is 1.69. The van der Waals surface area contributed by atoms with Crippen molar-refractivity contribution in [3.8, 4) is 0 Å². The monoisotopic (exact) mass is 195 g/mol. The molecular formula is C13H25N. The lowest BCUT2D eigenvalue weighted by molar-refractivity contribution is 0.277. The molecular weight excluding hydrogens is 170 g/mol. The molecule has 14 heavy (non-hydrogen) atoms. The number of hydrogen-bond acceptors (Lipinski definition) is 1. The van der Waals surface area contributed by atoms with Gasteiger partial charge in [0, 0.05) is 12.1 Å². The highest BCUT2D eigenvalue weighted by atomic mass is 15.0. The van der Waals surface area contributed by atoms with E-state index in [-0.39, 0.29) is 0 Å². The SMILES string of the molecule is CCC1CC1NC(C)C1CCCCC1. The zero-order valence-electron chi connectivity index (χ0n) is 9.76. The largest absolute Gasteiger partial charge is 0.311 e. The first-order valence-electron chi connectivity index (χ1n) is 6.57. The molecule has 2 rings (SSSR count). The molecule has 0 bridgehead atoms. The molecule has 0 radical (unpaired) electrons. The van der Waals surface area contributed by atoms with Gasteiger partial charge in [-0.2, -0.15) is 0 Å². The van der Waals surface area contributed by atoms with Crippen LogP contribution in [0, 0.1) is 11.8 Å². The summed E-state index contributed by atoms with van der Waals surface area (Å²) in [6.07, 6.45) is 10.2. The van der Waals surface area contributed by atoms with Gasteiger partial charge in [-0.3, -0.25) is 0 Å². The Hall–Kier alpha value is -0.0400. The van der Waals surface area contributed by atoms with Crippen LogP contribution in [0.5, 0.6) is 0 Å². The van der Waals surface area contributed by atoms with E-state index in [0.29, 0.717) is 0 Å². The summed E-state index contributed by atoms with van der Waals surface area (Å²) < 4.78 is 0. The first-order valence-corrected chi connectivity index (χ1v) is 6.57. The van der Waals surface area contributed by atoms with Crippen molar-refractivity contribution in [2.24, 2.45) is 11.8 Å². The molecule has 0 aromatic heterocycles. The third kappa shape index (κ3) is 2.50. The highest BCUT2D eigenvalue weighted by molar-refractivity contribution is 4.94. The third-order valence-corrected chi connectivity index (χ3v) is 4.28. The molecule has 0 saturated heterocycles. The molecule has 82 valence electrons. The minimum absolute atomic E-state index is 0.775. The fourth-order valence-electron chi connectivity index (χ4n) is 3.01. The predicted molar refractivity (Wildman–Crippen MR) is 61.4 cm³/mol. The van der Waals surface area contributed by atoms with E-state index in [9.17, 15) is 0 Å². The summed E-state index contributed by atoms with van der Waals surface area (Å²) in [5.74, 6) is 1.97. The number of nitrogens with one attached hydrogen (secondary N) is 1. The average molecular weight is 195 g/mol. The zero-order chi connectivity index (χ0) is 9.97. The molecule has 1 N–H and O–H groups in total. The summed E-state index contributed by atoms with van der Waals surface area (Å²) in [4.78, 5) is 0. The van der Waals surface area contributed by atoms with Crippen molar-refractivity contribution >= 4 is 0 Å². The van der Waals surface area contributed by atoms with Gasteiger partial charge < -0.3 is 5.32 Å². The van der Waals surface area contributed by atoms with Crippen molar-refractivity contribution < 1.29 is 0 Å². The van der Waals surface area contributed by atoms with Gasteiger partial charge in [-0.05, 0) is 38.0 Å². The van der Waals surface area contributed by atoms with E-state index < -0.39 is 0 Å². The lowest BCUT2D eigenvalue weighted by Crippen LogP contribution is -2.36. The highest BCUT2D eigenvalue weighted by Crippen LogP contribution is 2.35. The van der Waals surface area contributed by atoms with Crippen LogP contribution in [0.2, 0.25) is 0 Å². The Morgan fingerprint density at radius 1 is 1.21 bits per heavy atom. The summed E-state index contributed by atoms with van der Waals surface area (Å²) >= 11 is 0. The smallest absolute Gasteiger partial charge is 0.0102 e. The zero-order valence-corrected chi connectivity index (χ0v) is 9.76. The van der Waals surface area contributed by atoms with Gasteiger partial charge >= 0.3 is 0 Å². The molecule has 2 aliphatic rings. The average Bonchev–Trinajstić information content (AvgIpc) is 2.98. The third-order valence-electron chi connectivity index (χ3n) is 4.28. The van der Waals surface area contributed by atoms with Gasteiger partial charge in [-0.1, -0.05) is 32.6 Å².